The Morgan fingerprint density at radius 1 is 1.36 bits per heavy atom. The van der Waals surface area contributed by atoms with Gasteiger partial charge in [0.25, 0.3) is 5.91 Å². The van der Waals surface area contributed by atoms with Crippen LogP contribution in [0.15, 0.2) is 71.2 Å². The van der Waals surface area contributed by atoms with E-state index in [1.807, 2.05) is 43.3 Å². The summed E-state index contributed by atoms with van der Waals surface area (Å²) in [6.07, 6.45) is 3.26. The van der Waals surface area contributed by atoms with Crippen LogP contribution in [0.3, 0.4) is 0 Å². The molecule has 0 aliphatic rings. The van der Waals surface area contributed by atoms with Crippen molar-refractivity contribution in [3.63, 3.8) is 0 Å². The number of ether oxygens (including phenoxy) is 1. The molecule has 0 saturated carbocycles. The molecule has 4 nitrogen and oxygen atoms in total. The lowest BCUT2D eigenvalue weighted by Crippen LogP contribution is -2.26. The van der Waals surface area contributed by atoms with Crippen LogP contribution in [0.2, 0.25) is 5.02 Å². The summed E-state index contributed by atoms with van der Waals surface area (Å²) >= 11 is 7.30. The summed E-state index contributed by atoms with van der Waals surface area (Å²) in [6.45, 7) is 5.88. The summed E-state index contributed by atoms with van der Waals surface area (Å²) in [5.74, 6) is 0.553. The number of carbonyl (C=O) groups excluding carboxylic acids is 1. The lowest BCUT2D eigenvalue weighted by atomic mass is 10.2. The third-order valence-corrected chi connectivity index (χ3v) is 4.47. The van der Waals surface area contributed by atoms with Gasteiger partial charge in [-0.1, -0.05) is 36.4 Å². The zero-order valence-electron chi connectivity index (χ0n) is 13.8. The molecule has 2 aromatic rings. The van der Waals surface area contributed by atoms with Crippen molar-refractivity contribution in [1.29, 1.82) is 0 Å². The molecule has 0 bridgehead atoms. The number of carbonyl (C=O) groups is 1. The van der Waals surface area contributed by atoms with Gasteiger partial charge < -0.3 is 4.74 Å². The van der Waals surface area contributed by atoms with E-state index in [9.17, 15) is 4.79 Å². The summed E-state index contributed by atoms with van der Waals surface area (Å²) < 4.78 is 5.46. The monoisotopic (exact) mass is 374 g/mol. The summed E-state index contributed by atoms with van der Waals surface area (Å²) in [7, 11) is 0. The minimum absolute atomic E-state index is 0.171. The zero-order chi connectivity index (χ0) is 18.1. The van der Waals surface area contributed by atoms with Crippen molar-refractivity contribution in [2.75, 3.05) is 6.61 Å². The highest BCUT2D eigenvalue weighted by Crippen LogP contribution is 2.24. The van der Waals surface area contributed by atoms with Crippen molar-refractivity contribution < 1.29 is 9.53 Å². The molecule has 1 amide bonds. The molecule has 1 atom stereocenters. The molecule has 0 aliphatic heterocycles. The second-order valence-corrected chi connectivity index (χ2v) is 6.97. The molecule has 0 radical (unpaired) electrons. The Labute approximate surface area is 156 Å². The van der Waals surface area contributed by atoms with Crippen LogP contribution in [-0.4, -0.2) is 24.0 Å². The Hall–Kier alpha value is -2.24. The Bertz CT molecular complexity index is 747. The Balaban J connectivity index is 1.86. The van der Waals surface area contributed by atoms with Gasteiger partial charge in [0.1, 0.15) is 12.4 Å². The summed E-state index contributed by atoms with van der Waals surface area (Å²) in [5.41, 5.74) is 3.39. The van der Waals surface area contributed by atoms with Gasteiger partial charge in [0.15, 0.2) is 0 Å². The van der Waals surface area contributed by atoms with E-state index in [1.54, 1.807) is 24.4 Å². The topological polar surface area (TPSA) is 50.7 Å². The lowest BCUT2D eigenvalue weighted by Gasteiger charge is -2.09. The summed E-state index contributed by atoms with van der Waals surface area (Å²) in [5, 5.41) is 4.40. The van der Waals surface area contributed by atoms with Crippen LogP contribution in [0.4, 0.5) is 0 Å². The number of hydrogen-bond acceptors (Lipinski definition) is 4. The summed E-state index contributed by atoms with van der Waals surface area (Å²) in [4.78, 5) is 13.1. The van der Waals surface area contributed by atoms with Gasteiger partial charge in [-0.25, -0.2) is 5.43 Å². The highest BCUT2D eigenvalue weighted by Gasteiger charge is 2.13. The minimum Gasteiger partial charge on any atom is -0.490 e. The molecule has 6 heteroatoms. The van der Waals surface area contributed by atoms with Crippen molar-refractivity contribution in [3.8, 4) is 5.75 Å². The molecule has 130 valence electrons. The number of hydrogen-bond donors (Lipinski definition) is 1. The van der Waals surface area contributed by atoms with E-state index < -0.39 is 0 Å². The first-order chi connectivity index (χ1) is 12.1. The van der Waals surface area contributed by atoms with Crippen molar-refractivity contribution >= 4 is 35.5 Å². The average molecular weight is 375 g/mol. The van der Waals surface area contributed by atoms with E-state index in [4.69, 9.17) is 16.3 Å². The maximum atomic E-state index is 12.1. The minimum atomic E-state index is -0.277. The largest absolute Gasteiger partial charge is 0.490 e. The third kappa shape index (κ3) is 6.64. The van der Waals surface area contributed by atoms with Crippen molar-refractivity contribution in [1.82, 2.24) is 5.43 Å². The molecule has 2 aromatic carbocycles. The standard InChI is InChI=1S/C19H19ClN2O2S/c1-3-11-24-17-6-4-5-15(12-17)13-21-22-19(23)14(2)25-18-9-7-16(20)8-10-18/h3-10,12-14H,1,11H2,2H3,(H,22,23)/b21-13-/t14-/m0/s1. The van der Waals surface area contributed by atoms with Crippen LogP contribution in [0.1, 0.15) is 12.5 Å². The maximum absolute atomic E-state index is 12.1. The molecule has 2 rings (SSSR count). The number of nitrogens with one attached hydrogen (secondary N) is 1. The highest BCUT2D eigenvalue weighted by molar-refractivity contribution is 8.00. The average Bonchev–Trinajstić information content (AvgIpc) is 2.62. The molecule has 0 saturated heterocycles. The van der Waals surface area contributed by atoms with Crippen LogP contribution in [0.5, 0.6) is 5.75 Å². The number of benzene rings is 2. The predicted octanol–water partition coefficient (Wildman–Crippen LogP) is 4.54. The molecule has 0 fully saturated rings. The fourth-order valence-corrected chi connectivity index (χ4v) is 2.86. The molecule has 0 aliphatic carbocycles. The van der Waals surface area contributed by atoms with E-state index in [1.165, 1.54) is 11.8 Å². The molecule has 25 heavy (non-hydrogen) atoms. The van der Waals surface area contributed by atoms with Crippen molar-refractivity contribution in [3.05, 3.63) is 71.8 Å². The SMILES string of the molecule is C=CCOc1cccc(/C=N\NC(=O)[C@H](C)Sc2ccc(Cl)cc2)c1. The smallest absolute Gasteiger partial charge is 0.253 e. The van der Waals surface area contributed by atoms with Gasteiger partial charge in [0.05, 0.1) is 11.5 Å². The Kier molecular flexibility index (Phi) is 7.57. The van der Waals surface area contributed by atoms with Gasteiger partial charge in [0, 0.05) is 9.92 Å². The third-order valence-electron chi connectivity index (χ3n) is 3.11. The molecule has 1 N–H and O–H groups in total. The Morgan fingerprint density at radius 3 is 2.84 bits per heavy atom. The number of amides is 1. The molecular weight excluding hydrogens is 356 g/mol. The van der Waals surface area contributed by atoms with E-state index in [0.29, 0.717) is 11.6 Å². The molecule has 0 spiro atoms. The van der Waals surface area contributed by atoms with Gasteiger partial charge in [-0.15, -0.1) is 11.8 Å². The van der Waals surface area contributed by atoms with Crippen LogP contribution in [-0.2, 0) is 4.79 Å². The first kappa shape index (κ1) is 19.1. The quantitative estimate of drug-likeness (QED) is 0.319. The van der Waals surface area contributed by atoms with Gasteiger partial charge in [-0.3, -0.25) is 4.79 Å². The number of halogens is 1. The summed E-state index contributed by atoms with van der Waals surface area (Å²) in [6, 6.07) is 14.8. The zero-order valence-corrected chi connectivity index (χ0v) is 15.4. The molecule has 0 heterocycles. The highest BCUT2D eigenvalue weighted by atomic mass is 35.5. The van der Waals surface area contributed by atoms with Gasteiger partial charge in [-0.05, 0) is 48.9 Å². The van der Waals surface area contributed by atoms with E-state index in [-0.39, 0.29) is 11.2 Å². The van der Waals surface area contributed by atoms with Gasteiger partial charge in [-0.2, -0.15) is 5.10 Å². The number of thioether (sulfide) groups is 1. The van der Waals surface area contributed by atoms with E-state index in [0.717, 1.165) is 16.2 Å². The molecule has 0 unspecified atom stereocenters. The van der Waals surface area contributed by atoms with Crippen molar-refractivity contribution in [2.24, 2.45) is 5.10 Å². The van der Waals surface area contributed by atoms with Gasteiger partial charge in [0.2, 0.25) is 0 Å². The number of rotatable bonds is 8. The second kappa shape index (κ2) is 9.91. The predicted molar refractivity (Wildman–Crippen MR) is 105 cm³/mol. The maximum Gasteiger partial charge on any atom is 0.253 e. The molecule has 0 aromatic heterocycles. The van der Waals surface area contributed by atoms with Crippen molar-refractivity contribution in [2.45, 2.75) is 17.1 Å². The lowest BCUT2D eigenvalue weighted by molar-refractivity contribution is -0.120. The number of hydrazone groups is 1. The number of nitrogens with zero attached hydrogens (tertiary/aromatic N) is 1. The van der Waals surface area contributed by atoms with Gasteiger partial charge >= 0.3 is 0 Å². The first-order valence-electron chi connectivity index (χ1n) is 7.67. The molecular formula is C19H19ClN2O2S. The van der Waals surface area contributed by atoms with E-state index >= 15 is 0 Å². The normalized spacial score (nSPS) is 11.9. The second-order valence-electron chi connectivity index (χ2n) is 5.12. The fraction of sp³-hybridized carbons (Fsp3) is 0.158. The first-order valence-corrected chi connectivity index (χ1v) is 8.93. The van der Waals surface area contributed by atoms with Crippen LogP contribution in [0, 0.1) is 0 Å². The van der Waals surface area contributed by atoms with Crippen LogP contribution < -0.4 is 10.2 Å². The van der Waals surface area contributed by atoms with E-state index in [2.05, 4.69) is 17.1 Å². The fourth-order valence-electron chi connectivity index (χ4n) is 1.87. The van der Waals surface area contributed by atoms with Crippen LogP contribution in [0.25, 0.3) is 0 Å². The van der Waals surface area contributed by atoms with Crippen LogP contribution >= 0.6 is 23.4 Å². The Morgan fingerprint density at radius 2 is 2.12 bits per heavy atom.